The Balaban J connectivity index is 5.36. The third-order valence-corrected chi connectivity index (χ3v) is 18.3. The summed E-state index contributed by atoms with van der Waals surface area (Å²) in [6, 6.07) is 0. The number of esters is 4. The van der Waals surface area contributed by atoms with Crippen LogP contribution in [-0.2, 0) is 65.4 Å². The summed E-state index contributed by atoms with van der Waals surface area (Å²) in [7, 11) is -9.97. The normalized spacial score (nSPS) is 14.5. The van der Waals surface area contributed by atoms with Crippen LogP contribution in [0, 0.1) is 0 Å². The van der Waals surface area contributed by atoms with E-state index >= 15 is 0 Å². The van der Waals surface area contributed by atoms with Gasteiger partial charge in [-0.15, -0.1) is 0 Å². The number of allylic oxidation sites excluding steroid dienone is 20. The van der Waals surface area contributed by atoms with Crippen LogP contribution in [0.4, 0.5) is 0 Å². The molecule has 0 fully saturated rings. The molecule has 0 aliphatic carbocycles. The number of ether oxygens (including phenoxy) is 4. The monoisotopic (exact) mass is 1470 g/mol. The van der Waals surface area contributed by atoms with Crippen molar-refractivity contribution in [1.82, 2.24) is 0 Å². The van der Waals surface area contributed by atoms with Crippen molar-refractivity contribution in [2.45, 2.75) is 341 Å². The lowest BCUT2D eigenvalue weighted by molar-refractivity contribution is -0.161. The Bertz CT molecular complexity index is 2410. The van der Waals surface area contributed by atoms with E-state index in [0.717, 1.165) is 186 Å². The lowest BCUT2D eigenvalue weighted by Crippen LogP contribution is -2.30. The second-order valence-electron chi connectivity index (χ2n) is 26.2. The SMILES string of the molecule is CC/C=C\C/C=C\C/C=C\C/C=C\C/C=C\CCCCCC(=O)OCC(COP(=O)(O)OCC(O)COP(=O)(O)OCC(COC(=O)CCCCCCCCC/C=C\C/C=C\C/C=C\CC)OC(=O)CCCCCCC/C=C\C/C=C\CCCCC)OC(=O)CCCCCCCCCCCCC. The van der Waals surface area contributed by atoms with E-state index in [9.17, 15) is 43.2 Å². The smallest absolute Gasteiger partial charge is 0.462 e. The van der Waals surface area contributed by atoms with Crippen molar-refractivity contribution < 1.29 is 80.2 Å². The van der Waals surface area contributed by atoms with Gasteiger partial charge in [0.05, 0.1) is 26.4 Å². The lowest BCUT2D eigenvalue weighted by Gasteiger charge is -2.21. The van der Waals surface area contributed by atoms with Gasteiger partial charge in [0.15, 0.2) is 12.2 Å². The van der Waals surface area contributed by atoms with Crippen molar-refractivity contribution in [1.29, 1.82) is 0 Å². The number of aliphatic hydroxyl groups is 1. The Labute approximate surface area is 619 Å². The fourth-order valence-electron chi connectivity index (χ4n) is 10.4. The number of phosphoric ester groups is 2. The molecule has 3 N–H and O–H groups in total. The van der Waals surface area contributed by atoms with E-state index in [1.807, 2.05) is 0 Å². The number of hydrogen-bond acceptors (Lipinski definition) is 15. The maximum atomic E-state index is 13.1. The molecule has 0 aromatic carbocycles. The van der Waals surface area contributed by atoms with E-state index in [-0.39, 0.29) is 25.7 Å². The highest BCUT2D eigenvalue weighted by atomic mass is 31.2. The zero-order valence-electron chi connectivity index (χ0n) is 64.0. The molecule has 102 heavy (non-hydrogen) atoms. The summed E-state index contributed by atoms with van der Waals surface area (Å²) in [6.45, 7) is 4.57. The summed E-state index contributed by atoms with van der Waals surface area (Å²) in [5.41, 5.74) is 0. The van der Waals surface area contributed by atoms with Crippen molar-refractivity contribution in [3.8, 4) is 0 Å². The van der Waals surface area contributed by atoms with Crippen molar-refractivity contribution in [2.24, 2.45) is 0 Å². The molecule has 0 aromatic heterocycles. The predicted molar refractivity (Wildman–Crippen MR) is 418 cm³/mol. The first kappa shape index (κ1) is 97.5. The van der Waals surface area contributed by atoms with Gasteiger partial charge in [0.25, 0.3) is 0 Å². The summed E-state index contributed by atoms with van der Waals surface area (Å²) >= 11 is 0. The van der Waals surface area contributed by atoms with Crippen LogP contribution in [-0.4, -0.2) is 96.7 Å². The molecule has 0 aromatic rings. The molecule has 5 atom stereocenters. The molecule has 0 saturated heterocycles. The first-order valence-corrected chi connectivity index (χ1v) is 42.8. The number of rotatable bonds is 74. The van der Waals surface area contributed by atoms with E-state index in [1.54, 1.807) is 0 Å². The van der Waals surface area contributed by atoms with Crippen molar-refractivity contribution in [3.63, 3.8) is 0 Å². The van der Waals surface area contributed by atoms with E-state index in [0.29, 0.717) is 25.7 Å². The van der Waals surface area contributed by atoms with Crippen LogP contribution < -0.4 is 0 Å². The minimum atomic E-state index is -4.98. The van der Waals surface area contributed by atoms with Gasteiger partial charge in [0.1, 0.15) is 19.3 Å². The fourth-order valence-corrected chi connectivity index (χ4v) is 12.0. The number of unbranched alkanes of at least 4 members (excludes halogenated alkanes) is 28. The van der Waals surface area contributed by atoms with Gasteiger partial charge in [0.2, 0.25) is 0 Å². The van der Waals surface area contributed by atoms with Gasteiger partial charge in [-0.25, -0.2) is 9.13 Å². The standard InChI is InChI=1S/C83H142O17P2/c1-5-9-13-17-21-25-29-32-35-37-38-40-43-45-49-52-56-60-64-68-80(85)93-73-78(99-82(87)69-65-61-57-53-47-28-24-20-16-12-8-4)75-97-101(89,90)95-71-77(84)72-96-102(91,92)98-76-79(100-83(88)70-66-62-58-54-50-46-41-34-31-27-23-19-15-11-7-3)74-94-81(86)67-63-59-55-51-48-44-42-39-36-33-30-26-22-18-14-10-6-2/h9-10,13-14,21-23,25-27,32-36,38,40-41,45,49,77-79,84H,5-8,11-12,15-20,24,28-31,37,39,42-44,46-48,50-76H2,1-4H3,(H,89,90)(H,91,92)/b13-9-,14-10-,25-21-,26-22-,27-23-,35-32-,36-33-,40-38-,41-34-,49-45-. The average molecular weight is 1470 g/mol. The third-order valence-electron chi connectivity index (χ3n) is 16.4. The number of hydrogen-bond donors (Lipinski definition) is 3. The molecule has 0 saturated carbocycles. The molecule has 0 spiro atoms. The van der Waals surface area contributed by atoms with Crippen LogP contribution in [0.1, 0.15) is 323 Å². The maximum Gasteiger partial charge on any atom is 0.472 e. The van der Waals surface area contributed by atoms with Crippen LogP contribution in [0.25, 0.3) is 0 Å². The van der Waals surface area contributed by atoms with Gasteiger partial charge in [-0.1, -0.05) is 284 Å². The Morgan fingerprint density at radius 3 is 0.814 bits per heavy atom. The number of carbonyl (C=O) groups excluding carboxylic acids is 4. The summed E-state index contributed by atoms with van der Waals surface area (Å²) in [5.74, 6) is -2.23. The highest BCUT2D eigenvalue weighted by molar-refractivity contribution is 7.47. The maximum absolute atomic E-state index is 13.1. The average Bonchev–Trinajstić information content (AvgIpc) is 0.926. The van der Waals surface area contributed by atoms with Crippen LogP contribution in [0.2, 0.25) is 0 Å². The summed E-state index contributed by atoms with van der Waals surface area (Å²) in [5, 5.41) is 10.6. The highest BCUT2D eigenvalue weighted by Gasteiger charge is 2.30. The first-order chi connectivity index (χ1) is 49.7. The van der Waals surface area contributed by atoms with Gasteiger partial charge in [0, 0.05) is 25.7 Å². The minimum Gasteiger partial charge on any atom is -0.462 e. The van der Waals surface area contributed by atoms with E-state index < -0.39 is 97.5 Å². The molecule has 0 aliphatic rings. The molecule has 586 valence electrons. The van der Waals surface area contributed by atoms with Crippen molar-refractivity contribution in [3.05, 3.63) is 122 Å². The molecule has 0 aliphatic heterocycles. The molecule has 0 rings (SSSR count). The van der Waals surface area contributed by atoms with Crippen LogP contribution in [0.5, 0.6) is 0 Å². The zero-order chi connectivity index (χ0) is 74.6. The summed E-state index contributed by atoms with van der Waals surface area (Å²) in [4.78, 5) is 73.0. The molecular formula is C83H142O17P2. The Kier molecular flexibility index (Phi) is 71.4. The Hall–Kier alpha value is -4.54. The number of carbonyl (C=O) groups is 4. The van der Waals surface area contributed by atoms with Gasteiger partial charge >= 0.3 is 39.5 Å². The molecular weight excluding hydrogens is 1330 g/mol. The highest BCUT2D eigenvalue weighted by Crippen LogP contribution is 2.45. The van der Waals surface area contributed by atoms with Crippen LogP contribution in [0.15, 0.2) is 122 Å². The molecule has 19 heteroatoms. The van der Waals surface area contributed by atoms with E-state index in [1.165, 1.54) is 57.8 Å². The van der Waals surface area contributed by atoms with E-state index in [4.69, 9.17) is 37.0 Å². The summed E-state index contributed by atoms with van der Waals surface area (Å²) in [6.07, 6.45) is 81.8. The van der Waals surface area contributed by atoms with Gasteiger partial charge < -0.3 is 33.8 Å². The fraction of sp³-hybridized carbons (Fsp3) is 0.711. The number of phosphoric acid groups is 2. The van der Waals surface area contributed by atoms with Gasteiger partial charge in [-0.05, 0) is 135 Å². The lowest BCUT2D eigenvalue weighted by atomic mass is 10.1. The zero-order valence-corrected chi connectivity index (χ0v) is 65.8. The predicted octanol–water partition coefficient (Wildman–Crippen LogP) is 23.1. The Morgan fingerprint density at radius 1 is 0.284 bits per heavy atom. The van der Waals surface area contributed by atoms with Crippen molar-refractivity contribution >= 4 is 39.5 Å². The van der Waals surface area contributed by atoms with Crippen LogP contribution >= 0.6 is 15.6 Å². The molecule has 0 radical (unpaired) electrons. The molecule has 5 unspecified atom stereocenters. The summed E-state index contributed by atoms with van der Waals surface area (Å²) < 4.78 is 68.5. The van der Waals surface area contributed by atoms with Crippen LogP contribution in [0.3, 0.4) is 0 Å². The molecule has 0 amide bonds. The third kappa shape index (κ3) is 73.8. The topological polar surface area (TPSA) is 237 Å². The molecule has 0 bridgehead atoms. The molecule has 17 nitrogen and oxygen atoms in total. The van der Waals surface area contributed by atoms with Gasteiger partial charge in [-0.2, -0.15) is 0 Å². The van der Waals surface area contributed by atoms with Crippen molar-refractivity contribution in [2.75, 3.05) is 39.6 Å². The molecule has 0 heterocycles. The second kappa shape index (κ2) is 74.7. The van der Waals surface area contributed by atoms with Gasteiger partial charge in [-0.3, -0.25) is 37.3 Å². The second-order valence-corrected chi connectivity index (χ2v) is 29.2. The number of aliphatic hydroxyl groups excluding tert-OH is 1. The quantitative estimate of drug-likeness (QED) is 0.0169. The largest absolute Gasteiger partial charge is 0.472 e. The van der Waals surface area contributed by atoms with E-state index in [2.05, 4.69) is 149 Å². The minimum absolute atomic E-state index is 0.0750. The first-order valence-electron chi connectivity index (χ1n) is 39.8. The Morgan fingerprint density at radius 2 is 0.510 bits per heavy atom.